The molecular weight excluding hydrogens is 1160 g/mol. The summed E-state index contributed by atoms with van der Waals surface area (Å²) in [6, 6.07) is 54.8. The van der Waals surface area contributed by atoms with Crippen LogP contribution in [0.4, 0.5) is 27.5 Å². The van der Waals surface area contributed by atoms with Crippen LogP contribution < -0.4 is 30.7 Å². The third-order valence-corrected chi connectivity index (χ3v) is 19.1. The van der Waals surface area contributed by atoms with Crippen molar-refractivity contribution in [1.82, 2.24) is 34.2 Å². The number of para-hydroxylation sites is 6. The number of aromatic nitrogens is 4. The van der Waals surface area contributed by atoms with Gasteiger partial charge in [0.05, 0.1) is 22.1 Å². The molecule has 3 amide bonds. The zero-order chi connectivity index (χ0) is 64.7. The summed E-state index contributed by atoms with van der Waals surface area (Å²) in [6.07, 6.45) is 9.82. The van der Waals surface area contributed by atoms with Crippen LogP contribution in [0.3, 0.4) is 0 Å². The highest BCUT2D eigenvalue weighted by Gasteiger charge is 2.33. The molecule has 16 heteroatoms. The Balaban J connectivity index is 0.000000192. The number of fused-ring (bicyclic) bond motifs is 2. The Bertz CT molecular complexity index is 3660. The third kappa shape index (κ3) is 17.5. The first-order valence-electron chi connectivity index (χ1n) is 34.7. The van der Waals surface area contributed by atoms with Crippen molar-refractivity contribution in [2.24, 2.45) is 5.73 Å². The summed E-state index contributed by atoms with van der Waals surface area (Å²) < 4.78 is 10.4. The van der Waals surface area contributed by atoms with Gasteiger partial charge in [0, 0.05) is 151 Å². The first kappa shape index (κ1) is 66.1. The van der Waals surface area contributed by atoms with Crippen LogP contribution in [0, 0.1) is 0 Å². The Morgan fingerprint density at radius 1 is 0.505 bits per heavy atom. The lowest BCUT2D eigenvalue weighted by molar-refractivity contribution is -0.133. The number of benzene rings is 6. The number of carbonyl (C=O) groups is 3. The normalized spacial score (nSPS) is 17.9. The fraction of sp³-hybridized carbons (Fsp3) is 0.468. The van der Waals surface area contributed by atoms with Crippen LogP contribution in [-0.4, -0.2) is 143 Å². The van der Waals surface area contributed by atoms with Crippen LogP contribution in [0.5, 0.6) is 0 Å². The largest absolute Gasteiger partial charge is 0.444 e. The number of hydrogen-bond acceptors (Lipinski definition) is 11. The van der Waals surface area contributed by atoms with Crippen molar-refractivity contribution in [2.45, 2.75) is 154 Å². The summed E-state index contributed by atoms with van der Waals surface area (Å²) in [6.45, 7) is 22.7. The number of piperazine rings is 2. The number of anilines is 4. The van der Waals surface area contributed by atoms with E-state index in [1.807, 2.05) is 36.6 Å². The summed E-state index contributed by atoms with van der Waals surface area (Å²) in [5.41, 5.74) is 17.7. The fourth-order valence-electron chi connectivity index (χ4n) is 14.2. The standard InChI is InChI=1S/C41H54N6O3.C36H46N6O/c1-5-6-23-47-37-17-11-10-16-36(37)43-39(47)32-13-12-22-46(30-32)38(48)29-33(42-40(49)50-41(2,3)4)28-31-18-20-35(21-19-31)45-26-24-44(25-27-45)34-14-8-7-9-15-34;1-2-3-20-42-34-14-8-7-13-33(34)38-36(42)29-10-9-19-41(27-29)35(43)26-30(37)25-28-15-17-32(18-16-28)40-23-21-39(22-24-40)31-11-5-4-6-12-31/h7-11,14-21,32-33H,5-6,12-13,22-30H2,1-4H3,(H,42,49);4-8,11-18,29-30H,2-3,9-10,19-27,37H2,1H3/t32-,33-;29-,30-/m11/s1. The van der Waals surface area contributed by atoms with Crippen LogP contribution >= 0.6 is 0 Å². The molecule has 4 atom stereocenters. The number of nitrogens with zero attached hydrogens (tertiary/aromatic N) is 10. The number of alkyl carbamates (subject to hydrolysis) is 1. The molecule has 4 aliphatic heterocycles. The molecule has 4 aliphatic rings. The average molecular weight is 1260 g/mol. The molecule has 3 N–H and O–H groups in total. The van der Waals surface area contributed by atoms with E-state index in [1.54, 1.807) is 0 Å². The quantitative estimate of drug-likeness (QED) is 0.0707. The van der Waals surface area contributed by atoms with E-state index in [0.29, 0.717) is 25.8 Å². The Morgan fingerprint density at radius 3 is 1.31 bits per heavy atom. The van der Waals surface area contributed by atoms with Crippen molar-refractivity contribution >= 4 is 62.7 Å². The Hall–Kier alpha value is -8.37. The van der Waals surface area contributed by atoms with Gasteiger partial charge in [-0.1, -0.05) is 112 Å². The highest BCUT2D eigenvalue weighted by molar-refractivity contribution is 5.80. The second kappa shape index (κ2) is 31.5. The van der Waals surface area contributed by atoms with E-state index in [9.17, 15) is 14.4 Å². The van der Waals surface area contributed by atoms with E-state index in [1.165, 1.54) is 39.3 Å². The van der Waals surface area contributed by atoms with Crippen molar-refractivity contribution in [3.8, 4) is 0 Å². The van der Waals surface area contributed by atoms with E-state index in [-0.39, 0.29) is 36.1 Å². The lowest BCUT2D eigenvalue weighted by Crippen LogP contribution is -2.46. The van der Waals surface area contributed by atoms with Crippen molar-refractivity contribution < 1.29 is 19.1 Å². The third-order valence-electron chi connectivity index (χ3n) is 19.1. The first-order valence-corrected chi connectivity index (χ1v) is 34.7. The number of nitrogens with one attached hydrogen (secondary N) is 1. The molecule has 492 valence electrons. The van der Waals surface area contributed by atoms with Gasteiger partial charge in [0.2, 0.25) is 11.8 Å². The van der Waals surface area contributed by atoms with E-state index in [0.717, 1.165) is 165 Å². The molecule has 0 radical (unpaired) electrons. The average Bonchev–Trinajstić information content (AvgIpc) is 1.71. The maximum atomic E-state index is 14.0. The van der Waals surface area contributed by atoms with Gasteiger partial charge in [0.15, 0.2) is 0 Å². The highest BCUT2D eigenvalue weighted by Crippen LogP contribution is 2.33. The van der Waals surface area contributed by atoms with E-state index in [4.69, 9.17) is 20.4 Å². The predicted molar refractivity (Wildman–Crippen MR) is 379 cm³/mol. The van der Waals surface area contributed by atoms with Gasteiger partial charge in [-0.15, -0.1) is 0 Å². The summed E-state index contributed by atoms with van der Waals surface area (Å²) in [5.74, 6) is 2.89. The molecule has 4 fully saturated rings. The number of imidazole rings is 2. The minimum atomic E-state index is -0.631. The number of carbonyl (C=O) groups excluding carboxylic acids is 3. The number of aryl methyl sites for hydroxylation is 2. The molecular formula is C77H100N12O4. The Kier molecular flexibility index (Phi) is 22.4. The van der Waals surface area contributed by atoms with Crippen LogP contribution in [0.25, 0.3) is 22.1 Å². The van der Waals surface area contributed by atoms with Gasteiger partial charge < -0.3 is 54.3 Å². The van der Waals surface area contributed by atoms with Gasteiger partial charge in [0.1, 0.15) is 17.2 Å². The minimum absolute atomic E-state index is 0.0554. The number of unbranched alkanes of at least 4 members (excludes halogenated alkanes) is 2. The molecule has 16 nitrogen and oxygen atoms in total. The van der Waals surface area contributed by atoms with Crippen molar-refractivity contribution in [3.63, 3.8) is 0 Å². The van der Waals surface area contributed by atoms with Crippen LogP contribution in [0.1, 0.15) is 133 Å². The Morgan fingerprint density at radius 2 is 0.892 bits per heavy atom. The number of rotatable bonds is 21. The van der Waals surface area contributed by atoms with Crippen molar-refractivity contribution in [1.29, 1.82) is 0 Å². The SMILES string of the molecule is CCCCn1c([C@@H]2CCCN(C(=O)C[C@@H](Cc3ccc(N4CCN(c5ccccc5)CC4)cc3)NC(=O)OC(C)(C)C)C2)nc2ccccc21.CCCCn1c([C@@H]2CCCN(C(=O)C[C@H](N)Cc3ccc(N4CCN(c5ccccc5)CC4)cc3)C2)nc2ccccc21. The summed E-state index contributed by atoms with van der Waals surface area (Å²) in [5, 5.41) is 3.04. The molecule has 8 aromatic rings. The van der Waals surface area contributed by atoms with Crippen LogP contribution in [0.2, 0.25) is 0 Å². The minimum Gasteiger partial charge on any atom is -0.444 e. The molecule has 0 saturated carbocycles. The van der Waals surface area contributed by atoms with Crippen LogP contribution in [0.15, 0.2) is 158 Å². The lowest BCUT2D eigenvalue weighted by atomic mass is 9.95. The number of hydrogen-bond donors (Lipinski definition) is 2. The predicted octanol–water partition coefficient (Wildman–Crippen LogP) is 13.2. The number of ether oxygens (including phenoxy) is 1. The maximum Gasteiger partial charge on any atom is 0.407 e. The molecule has 2 aromatic heterocycles. The zero-order valence-electron chi connectivity index (χ0n) is 55.9. The Labute approximate surface area is 552 Å². The fourth-order valence-corrected chi connectivity index (χ4v) is 14.2. The molecule has 0 aliphatic carbocycles. The van der Waals surface area contributed by atoms with E-state index < -0.39 is 17.7 Å². The summed E-state index contributed by atoms with van der Waals surface area (Å²) in [7, 11) is 0. The zero-order valence-corrected chi connectivity index (χ0v) is 55.9. The van der Waals surface area contributed by atoms with Gasteiger partial charge in [-0.05, 0) is 156 Å². The molecule has 6 aromatic carbocycles. The van der Waals surface area contributed by atoms with Gasteiger partial charge in [-0.2, -0.15) is 0 Å². The van der Waals surface area contributed by atoms with Crippen molar-refractivity contribution in [2.75, 3.05) is 98.1 Å². The first-order chi connectivity index (χ1) is 45.2. The topological polar surface area (TPSA) is 154 Å². The number of piperidine rings is 2. The van der Waals surface area contributed by atoms with Gasteiger partial charge in [-0.3, -0.25) is 9.59 Å². The smallest absolute Gasteiger partial charge is 0.407 e. The number of nitrogens with two attached hydrogens (primary N) is 1. The summed E-state index contributed by atoms with van der Waals surface area (Å²) >= 11 is 0. The molecule has 0 unspecified atom stereocenters. The van der Waals surface area contributed by atoms with Crippen LogP contribution in [-0.2, 0) is 40.3 Å². The molecule has 0 spiro atoms. The molecule has 0 bridgehead atoms. The summed E-state index contributed by atoms with van der Waals surface area (Å²) in [4.78, 5) is 64.2. The molecule has 12 rings (SSSR count). The second-order valence-corrected chi connectivity index (χ2v) is 27.2. The van der Waals surface area contributed by atoms with E-state index in [2.05, 4.69) is 200 Å². The maximum absolute atomic E-state index is 14.0. The number of amides is 3. The van der Waals surface area contributed by atoms with Gasteiger partial charge >= 0.3 is 6.09 Å². The molecule has 6 heterocycles. The molecule has 93 heavy (non-hydrogen) atoms. The molecule has 4 saturated heterocycles. The van der Waals surface area contributed by atoms with Gasteiger partial charge in [0.25, 0.3) is 0 Å². The van der Waals surface area contributed by atoms with Gasteiger partial charge in [-0.25, -0.2) is 14.8 Å². The lowest BCUT2D eigenvalue weighted by Gasteiger charge is -2.37. The number of likely N-dealkylation sites (tertiary alicyclic amines) is 2. The second-order valence-electron chi connectivity index (χ2n) is 27.2. The highest BCUT2D eigenvalue weighted by atomic mass is 16.6. The monoisotopic (exact) mass is 1260 g/mol. The van der Waals surface area contributed by atoms with E-state index >= 15 is 0 Å². The van der Waals surface area contributed by atoms with Crippen molar-refractivity contribution in [3.05, 3.63) is 181 Å².